The molecule has 0 saturated carbocycles. The summed E-state index contributed by atoms with van der Waals surface area (Å²) in [5.41, 5.74) is 0.639. The van der Waals surface area contributed by atoms with Gasteiger partial charge in [0.2, 0.25) is 0 Å². The summed E-state index contributed by atoms with van der Waals surface area (Å²) >= 11 is 5.91. The van der Waals surface area contributed by atoms with Crippen molar-refractivity contribution in [2.45, 2.75) is 25.2 Å². The SMILES string of the molecule is Cc1c(C(=O)N2CCC(C)C2)cc(Cl)cc1S(=O)(=O)Cl. The van der Waals surface area contributed by atoms with E-state index >= 15 is 0 Å². The van der Waals surface area contributed by atoms with Gasteiger partial charge in [-0.05, 0) is 37.0 Å². The lowest BCUT2D eigenvalue weighted by Crippen LogP contribution is -2.29. The number of hydrogen-bond acceptors (Lipinski definition) is 3. The van der Waals surface area contributed by atoms with Gasteiger partial charge in [-0.1, -0.05) is 18.5 Å². The monoisotopic (exact) mass is 335 g/mol. The first-order chi connectivity index (χ1) is 9.20. The Bertz CT molecular complexity index is 658. The van der Waals surface area contributed by atoms with E-state index in [1.807, 2.05) is 0 Å². The average Bonchev–Trinajstić information content (AvgIpc) is 2.76. The molecule has 0 aromatic heterocycles. The summed E-state index contributed by atoms with van der Waals surface area (Å²) in [6.07, 6.45) is 0.950. The minimum Gasteiger partial charge on any atom is -0.338 e. The summed E-state index contributed by atoms with van der Waals surface area (Å²) in [4.78, 5) is 14.1. The van der Waals surface area contributed by atoms with Gasteiger partial charge in [0.1, 0.15) is 0 Å². The van der Waals surface area contributed by atoms with E-state index in [4.69, 9.17) is 22.3 Å². The van der Waals surface area contributed by atoms with E-state index in [9.17, 15) is 13.2 Å². The van der Waals surface area contributed by atoms with E-state index in [1.54, 1.807) is 11.8 Å². The van der Waals surface area contributed by atoms with E-state index in [2.05, 4.69) is 6.92 Å². The zero-order valence-corrected chi connectivity index (χ0v) is 13.5. The Kier molecular flexibility index (Phi) is 4.33. The largest absolute Gasteiger partial charge is 0.338 e. The first-order valence-corrected chi connectivity index (χ1v) is 8.93. The van der Waals surface area contributed by atoms with Crippen LogP contribution in [0.5, 0.6) is 0 Å². The molecule has 20 heavy (non-hydrogen) atoms. The minimum atomic E-state index is -3.93. The van der Waals surface area contributed by atoms with Gasteiger partial charge in [-0.25, -0.2) is 8.42 Å². The molecule has 4 nitrogen and oxygen atoms in total. The van der Waals surface area contributed by atoms with Gasteiger partial charge < -0.3 is 4.90 Å². The Balaban J connectivity index is 2.47. The molecule has 1 aliphatic heterocycles. The van der Waals surface area contributed by atoms with Crippen molar-refractivity contribution < 1.29 is 13.2 Å². The third kappa shape index (κ3) is 3.10. The number of amides is 1. The summed E-state index contributed by atoms with van der Waals surface area (Å²) < 4.78 is 23.1. The van der Waals surface area contributed by atoms with Gasteiger partial charge in [-0.3, -0.25) is 4.79 Å². The molecule has 1 aliphatic rings. The Morgan fingerprint density at radius 2 is 2.05 bits per heavy atom. The van der Waals surface area contributed by atoms with Crippen LogP contribution < -0.4 is 0 Å². The van der Waals surface area contributed by atoms with Gasteiger partial charge in [-0.2, -0.15) is 0 Å². The van der Waals surface area contributed by atoms with Crippen LogP contribution in [0.15, 0.2) is 17.0 Å². The van der Waals surface area contributed by atoms with Crippen LogP contribution in [0.3, 0.4) is 0 Å². The van der Waals surface area contributed by atoms with Crippen molar-refractivity contribution in [3.05, 3.63) is 28.3 Å². The zero-order chi connectivity index (χ0) is 15.1. The molecule has 1 atom stereocenters. The quantitative estimate of drug-likeness (QED) is 0.780. The lowest BCUT2D eigenvalue weighted by molar-refractivity contribution is 0.0787. The topological polar surface area (TPSA) is 54.5 Å². The van der Waals surface area contributed by atoms with Gasteiger partial charge in [0.15, 0.2) is 0 Å². The Hall–Kier alpha value is -0.780. The molecule has 1 fully saturated rings. The molecule has 0 bridgehead atoms. The summed E-state index contributed by atoms with van der Waals surface area (Å²) in [7, 11) is 1.45. The van der Waals surface area contributed by atoms with Crippen molar-refractivity contribution in [1.29, 1.82) is 0 Å². The number of likely N-dealkylation sites (tertiary alicyclic amines) is 1. The number of benzene rings is 1. The maximum absolute atomic E-state index is 12.5. The van der Waals surface area contributed by atoms with Crippen LogP contribution in [0, 0.1) is 12.8 Å². The fourth-order valence-corrected chi connectivity index (χ4v) is 3.93. The summed E-state index contributed by atoms with van der Waals surface area (Å²) in [5, 5.41) is 0.186. The second-order valence-electron chi connectivity index (χ2n) is 5.16. The molecule has 1 aromatic rings. The lowest BCUT2D eigenvalue weighted by Gasteiger charge is -2.18. The highest BCUT2D eigenvalue weighted by Gasteiger charge is 2.27. The molecule has 0 aliphatic carbocycles. The van der Waals surface area contributed by atoms with Crippen molar-refractivity contribution in [3.63, 3.8) is 0 Å². The number of halogens is 2. The number of nitrogens with zero attached hydrogens (tertiary/aromatic N) is 1. The van der Waals surface area contributed by atoms with Crippen LogP contribution >= 0.6 is 22.3 Å². The number of carbonyl (C=O) groups is 1. The lowest BCUT2D eigenvalue weighted by atomic mass is 10.1. The number of rotatable bonds is 2. The maximum atomic E-state index is 12.5. The molecule has 7 heteroatoms. The van der Waals surface area contributed by atoms with E-state index in [0.29, 0.717) is 30.1 Å². The van der Waals surface area contributed by atoms with Crippen LogP contribution in [0.2, 0.25) is 5.02 Å². The van der Waals surface area contributed by atoms with Gasteiger partial charge >= 0.3 is 0 Å². The molecule has 0 radical (unpaired) electrons. The third-order valence-corrected chi connectivity index (χ3v) is 5.20. The smallest absolute Gasteiger partial charge is 0.261 e. The standard InChI is InChI=1S/C13H15Cl2NO3S/c1-8-3-4-16(7-8)13(17)11-5-10(14)6-12(9(11)2)20(15,18)19/h5-6,8H,3-4,7H2,1-2H3. The molecule has 1 aromatic carbocycles. The fourth-order valence-electron chi connectivity index (χ4n) is 2.42. The Morgan fingerprint density at radius 1 is 1.40 bits per heavy atom. The van der Waals surface area contributed by atoms with Crippen LogP contribution in [-0.4, -0.2) is 32.3 Å². The van der Waals surface area contributed by atoms with Gasteiger partial charge in [0, 0.05) is 34.4 Å². The number of carbonyl (C=O) groups excluding carboxylic acids is 1. The molecule has 110 valence electrons. The molecule has 0 N–H and O–H groups in total. The van der Waals surface area contributed by atoms with Crippen LogP contribution in [-0.2, 0) is 9.05 Å². The minimum absolute atomic E-state index is 0.109. The van der Waals surface area contributed by atoms with Crippen molar-refractivity contribution in [3.8, 4) is 0 Å². The molecular weight excluding hydrogens is 321 g/mol. The van der Waals surface area contributed by atoms with E-state index in [0.717, 1.165) is 6.42 Å². The summed E-state index contributed by atoms with van der Waals surface area (Å²) in [6.45, 7) is 4.99. The van der Waals surface area contributed by atoms with E-state index < -0.39 is 9.05 Å². The van der Waals surface area contributed by atoms with Crippen LogP contribution in [0.25, 0.3) is 0 Å². The van der Waals surface area contributed by atoms with Crippen LogP contribution in [0.4, 0.5) is 0 Å². The first kappa shape index (κ1) is 15.6. The van der Waals surface area contributed by atoms with Gasteiger partial charge in [0.25, 0.3) is 15.0 Å². The fraction of sp³-hybridized carbons (Fsp3) is 0.462. The first-order valence-electron chi connectivity index (χ1n) is 6.24. The van der Waals surface area contributed by atoms with Crippen molar-refractivity contribution >= 4 is 37.2 Å². The van der Waals surface area contributed by atoms with E-state index in [1.165, 1.54) is 12.1 Å². The molecule has 1 heterocycles. The Labute approximate surface area is 128 Å². The Morgan fingerprint density at radius 3 is 2.55 bits per heavy atom. The number of hydrogen-bond donors (Lipinski definition) is 0. The van der Waals surface area contributed by atoms with Crippen molar-refractivity contribution in [1.82, 2.24) is 4.90 Å². The van der Waals surface area contributed by atoms with Gasteiger partial charge in [0.05, 0.1) is 4.90 Å². The molecule has 1 unspecified atom stereocenters. The highest BCUT2D eigenvalue weighted by Crippen LogP contribution is 2.29. The summed E-state index contributed by atoms with van der Waals surface area (Å²) in [5.74, 6) is 0.255. The molecular formula is C13H15Cl2NO3S. The molecule has 1 amide bonds. The molecule has 2 rings (SSSR count). The van der Waals surface area contributed by atoms with Crippen molar-refractivity contribution in [2.24, 2.45) is 5.92 Å². The zero-order valence-electron chi connectivity index (χ0n) is 11.2. The second kappa shape index (κ2) is 5.54. The normalized spacial score (nSPS) is 19.4. The molecule has 0 spiro atoms. The highest BCUT2D eigenvalue weighted by atomic mass is 35.7. The second-order valence-corrected chi connectivity index (χ2v) is 8.13. The molecule has 1 saturated heterocycles. The van der Waals surface area contributed by atoms with E-state index in [-0.39, 0.29) is 15.8 Å². The van der Waals surface area contributed by atoms with Gasteiger partial charge in [-0.15, -0.1) is 0 Å². The van der Waals surface area contributed by atoms with Crippen molar-refractivity contribution in [2.75, 3.05) is 13.1 Å². The third-order valence-electron chi connectivity index (χ3n) is 3.53. The maximum Gasteiger partial charge on any atom is 0.261 e. The highest BCUT2D eigenvalue weighted by molar-refractivity contribution is 8.13. The predicted molar refractivity (Wildman–Crippen MR) is 78.9 cm³/mol. The van der Waals surface area contributed by atoms with Crippen LogP contribution in [0.1, 0.15) is 29.3 Å². The predicted octanol–water partition coefficient (Wildman–Crippen LogP) is 3.06. The average molecular weight is 336 g/mol. The summed E-state index contributed by atoms with van der Waals surface area (Å²) in [6, 6.07) is 2.76.